The van der Waals surface area contributed by atoms with Crippen LogP contribution in [-0.2, 0) is 0 Å². The van der Waals surface area contributed by atoms with Gasteiger partial charge in [0.1, 0.15) is 11.9 Å². The summed E-state index contributed by atoms with van der Waals surface area (Å²) in [4.78, 5) is 15.0. The molecule has 0 aliphatic carbocycles. The van der Waals surface area contributed by atoms with E-state index in [-0.39, 0.29) is 22.8 Å². The van der Waals surface area contributed by atoms with E-state index in [1.807, 2.05) is 6.07 Å². The van der Waals surface area contributed by atoms with Crippen LogP contribution in [0.25, 0.3) is 0 Å². The molecule has 2 saturated heterocycles. The SMILES string of the molecule is CN1C2CCC1CC(C(=O)c1cccc(F)c1C#N)C2. The van der Waals surface area contributed by atoms with E-state index in [1.165, 1.54) is 12.1 Å². The Balaban J connectivity index is 1.88. The molecule has 0 aromatic heterocycles. The van der Waals surface area contributed by atoms with Crippen molar-refractivity contribution in [2.75, 3.05) is 7.05 Å². The van der Waals surface area contributed by atoms with Gasteiger partial charge < -0.3 is 4.90 Å². The molecule has 104 valence electrons. The van der Waals surface area contributed by atoms with Crippen LogP contribution in [0.3, 0.4) is 0 Å². The molecule has 2 unspecified atom stereocenters. The second-order valence-electron chi connectivity index (χ2n) is 5.86. The smallest absolute Gasteiger partial charge is 0.167 e. The molecule has 3 rings (SSSR count). The first kappa shape index (κ1) is 13.3. The molecule has 0 amide bonds. The molecule has 0 saturated carbocycles. The number of hydrogen-bond donors (Lipinski definition) is 0. The number of nitrogens with zero attached hydrogens (tertiary/aromatic N) is 2. The maximum atomic E-state index is 13.6. The van der Waals surface area contributed by atoms with Crippen LogP contribution >= 0.6 is 0 Å². The fourth-order valence-corrected chi connectivity index (χ4v) is 3.69. The van der Waals surface area contributed by atoms with Crippen molar-refractivity contribution in [1.29, 1.82) is 5.26 Å². The Labute approximate surface area is 118 Å². The Hall–Kier alpha value is -1.73. The van der Waals surface area contributed by atoms with Gasteiger partial charge in [-0.05, 0) is 44.9 Å². The number of piperidine rings is 1. The number of Topliss-reactive ketones (excluding diaryl/α,β-unsaturated/α-hetero) is 1. The maximum absolute atomic E-state index is 13.6. The van der Waals surface area contributed by atoms with Crippen LogP contribution in [0.5, 0.6) is 0 Å². The monoisotopic (exact) mass is 272 g/mol. The summed E-state index contributed by atoms with van der Waals surface area (Å²) in [6, 6.07) is 7.05. The predicted octanol–water partition coefficient (Wildman–Crippen LogP) is 2.75. The van der Waals surface area contributed by atoms with Gasteiger partial charge >= 0.3 is 0 Å². The Morgan fingerprint density at radius 2 is 2.00 bits per heavy atom. The maximum Gasteiger partial charge on any atom is 0.167 e. The van der Waals surface area contributed by atoms with Crippen molar-refractivity contribution in [1.82, 2.24) is 4.90 Å². The van der Waals surface area contributed by atoms with E-state index in [9.17, 15) is 9.18 Å². The lowest BCUT2D eigenvalue weighted by Gasteiger charge is -2.35. The number of rotatable bonds is 2. The van der Waals surface area contributed by atoms with Crippen molar-refractivity contribution in [3.8, 4) is 6.07 Å². The number of hydrogen-bond acceptors (Lipinski definition) is 3. The van der Waals surface area contributed by atoms with E-state index in [2.05, 4.69) is 11.9 Å². The molecule has 2 fully saturated rings. The third kappa shape index (κ3) is 2.03. The molecule has 1 aromatic carbocycles. The first-order valence-corrected chi connectivity index (χ1v) is 7.06. The highest BCUT2D eigenvalue weighted by molar-refractivity contribution is 6.00. The number of nitriles is 1. The van der Waals surface area contributed by atoms with Crippen molar-refractivity contribution in [2.45, 2.75) is 37.8 Å². The number of carbonyl (C=O) groups excluding carboxylic acids is 1. The summed E-state index contributed by atoms with van der Waals surface area (Å²) >= 11 is 0. The molecule has 2 atom stereocenters. The van der Waals surface area contributed by atoms with E-state index in [0.29, 0.717) is 12.1 Å². The summed E-state index contributed by atoms with van der Waals surface area (Å²) < 4.78 is 13.6. The Morgan fingerprint density at radius 1 is 1.35 bits per heavy atom. The van der Waals surface area contributed by atoms with Crippen molar-refractivity contribution >= 4 is 5.78 Å². The molecule has 4 heteroatoms. The molecule has 2 aliphatic heterocycles. The fourth-order valence-electron chi connectivity index (χ4n) is 3.69. The third-order valence-corrected chi connectivity index (χ3v) is 4.86. The zero-order chi connectivity index (χ0) is 14.3. The normalized spacial score (nSPS) is 29.1. The minimum atomic E-state index is -0.603. The lowest BCUT2D eigenvalue weighted by molar-refractivity contribution is 0.0766. The summed E-state index contributed by atoms with van der Waals surface area (Å²) in [6.07, 6.45) is 3.93. The quantitative estimate of drug-likeness (QED) is 0.778. The largest absolute Gasteiger partial charge is 0.300 e. The van der Waals surface area contributed by atoms with Crippen LogP contribution in [0.15, 0.2) is 18.2 Å². The van der Waals surface area contributed by atoms with Gasteiger partial charge in [-0.1, -0.05) is 6.07 Å². The fraction of sp³-hybridized carbons (Fsp3) is 0.500. The van der Waals surface area contributed by atoms with Crippen molar-refractivity contribution in [2.24, 2.45) is 5.92 Å². The van der Waals surface area contributed by atoms with Crippen molar-refractivity contribution in [3.63, 3.8) is 0 Å². The van der Waals surface area contributed by atoms with Gasteiger partial charge in [0, 0.05) is 23.6 Å². The topological polar surface area (TPSA) is 44.1 Å². The molecular weight excluding hydrogens is 255 g/mol. The predicted molar refractivity (Wildman–Crippen MR) is 72.7 cm³/mol. The average molecular weight is 272 g/mol. The highest BCUT2D eigenvalue weighted by Crippen LogP contribution is 2.39. The minimum absolute atomic E-state index is 0.0638. The van der Waals surface area contributed by atoms with E-state index < -0.39 is 5.82 Å². The average Bonchev–Trinajstić information content (AvgIpc) is 2.67. The van der Waals surface area contributed by atoms with Gasteiger partial charge in [-0.3, -0.25) is 4.79 Å². The summed E-state index contributed by atoms with van der Waals surface area (Å²) in [6.45, 7) is 0. The van der Waals surface area contributed by atoms with Crippen LogP contribution in [0.4, 0.5) is 4.39 Å². The standard InChI is InChI=1S/C16H17FN2O/c1-19-11-5-6-12(19)8-10(7-11)16(20)13-3-2-4-15(17)14(13)9-18/h2-4,10-12H,5-8H2,1H3. The van der Waals surface area contributed by atoms with Gasteiger partial charge in [0.05, 0.1) is 5.56 Å². The van der Waals surface area contributed by atoms with E-state index >= 15 is 0 Å². The number of carbonyl (C=O) groups is 1. The molecule has 2 bridgehead atoms. The van der Waals surface area contributed by atoms with Gasteiger partial charge in [0.2, 0.25) is 0 Å². The summed E-state index contributed by atoms with van der Waals surface area (Å²) in [5, 5.41) is 9.05. The van der Waals surface area contributed by atoms with E-state index in [4.69, 9.17) is 5.26 Å². The zero-order valence-electron chi connectivity index (χ0n) is 11.5. The van der Waals surface area contributed by atoms with Gasteiger partial charge in [0.25, 0.3) is 0 Å². The number of benzene rings is 1. The van der Waals surface area contributed by atoms with Crippen LogP contribution < -0.4 is 0 Å². The first-order valence-electron chi connectivity index (χ1n) is 7.06. The lowest BCUT2D eigenvalue weighted by atomic mass is 9.84. The van der Waals surface area contributed by atoms with Gasteiger partial charge in [-0.25, -0.2) is 4.39 Å². The summed E-state index contributed by atoms with van der Waals surface area (Å²) in [5.41, 5.74) is 0.144. The third-order valence-electron chi connectivity index (χ3n) is 4.86. The van der Waals surface area contributed by atoms with Crippen LogP contribution in [0.1, 0.15) is 41.6 Å². The molecule has 0 N–H and O–H groups in total. The summed E-state index contributed by atoms with van der Waals surface area (Å²) in [5.74, 6) is -0.738. The number of ketones is 1. The second kappa shape index (κ2) is 4.99. The van der Waals surface area contributed by atoms with E-state index in [0.717, 1.165) is 25.7 Å². The number of fused-ring (bicyclic) bond motifs is 2. The summed E-state index contributed by atoms with van der Waals surface area (Å²) in [7, 11) is 2.12. The molecule has 0 radical (unpaired) electrons. The Morgan fingerprint density at radius 3 is 2.60 bits per heavy atom. The highest BCUT2D eigenvalue weighted by atomic mass is 19.1. The molecular formula is C16H17FN2O. The molecule has 20 heavy (non-hydrogen) atoms. The molecule has 2 aliphatic rings. The minimum Gasteiger partial charge on any atom is -0.300 e. The first-order chi connectivity index (χ1) is 9.61. The lowest BCUT2D eigenvalue weighted by Crippen LogP contribution is -2.42. The van der Waals surface area contributed by atoms with Gasteiger partial charge in [0.15, 0.2) is 5.78 Å². The van der Waals surface area contributed by atoms with E-state index in [1.54, 1.807) is 6.07 Å². The zero-order valence-corrected chi connectivity index (χ0v) is 11.5. The van der Waals surface area contributed by atoms with Crippen LogP contribution in [0, 0.1) is 23.1 Å². The highest BCUT2D eigenvalue weighted by Gasteiger charge is 2.41. The van der Waals surface area contributed by atoms with Crippen LogP contribution in [0.2, 0.25) is 0 Å². The molecule has 2 heterocycles. The van der Waals surface area contributed by atoms with Crippen LogP contribution in [-0.4, -0.2) is 29.8 Å². The number of halogens is 1. The van der Waals surface area contributed by atoms with Crippen molar-refractivity contribution < 1.29 is 9.18 Å². The second-order valence-corrected chi connectivity index (χ2v) is 5.86. The molecule has 0 spiro atoms. The van der Waals surface area contributed by atoms with Gasteiger partial charge in [-0.15, -0.1) is 0 Å². The van der Waals surface area contributed by atoms with Crippen molar-refractivity contribution in [3.05, 3.63) is 35.1 Å². The van der Waals surface area contributed by atoms with Gasteiger partial charge in [-0.2, -0.15) is 5.26 Å². The molecule has 3 nitrogen and oxygen atoms in total. The Bertz CT molecular complexity index is 579. The Kier molecular flexibility index (Phi) is 3.31. The molecule has 1 aromatic rings.